The quantitative estimate of drug-likeness (QED) is 0.904. The van der Waals surface area contributed by atoms with Crippen molar-refractivity contribution < 1.29 is 9.90 Å². The molecule has 108 valence electrons. The Kier molecular flexibility index (Phi) is 4.28. The SMILES string of the molecule is Cc1nn(C)c(N2CCC(CCC(=O)O)CC2)c1C#N. The Morgan fingerprint density at radius 3 is 2.70 bits per heavy atom. The highest BCUT2D eigenvalue weighted by Gasteiger charge is 2.25. The summed E-state index contributed by atoms with van der Waals surface area (Å²) in [6.07, 6.45) is 2.95. The van der Waals surface area contributed by atoms with Crippen LogP contribution >= 0.6 is 0 Å². The van der Waals surface area contributed by atoms with Crippen LogP contribution < -0.4 is 4.90 Å². The first-order chi connectivity index (χ1) is 9.52. The molecule has 2 heterocycles. The van der Waals surface area contributed by atoms with Crippen LogP contribution in [-0.2, 0) is 11.8 Å². The van der Waals surface area contributed by atoms with E-state index < -0.39 is 5.97 Å². The van der Waals surface area contributed by atoms with Gasteiger partial charge >= 0.3 is 5.97 Å². The molecule has 1 N–H and O–H groups in total. The van der Waals surface area contributed by atoms with Crippen LogP contribution in [0.1, 0.15) is 36.9 Å². The van der Waals surface area contributed by atoms with E-state index in [2.05, 4.69) is 16.1 Å². The summed E-state index contributed by atoms with van der Waals surface area (Å²) in [5.74, 6) is 0.644. The summed E-state index contributed by atoms with van der Waals surface area (Å²) >= 11 is 0. The molecule has 0 amide bonds. The molecule has 20 heavy (non-hydrogen) atoms. The number of nitriles is 1. The molecule has 6 nitrogen and oxygen atoms in total. The zero-order valence-electron chi connectivity index (χ0n) is 12.0. The molecule has 0 radical (unpaired) electrons. The predicted molar refractivity (Wildman–Crippen MR) is 74.5 cm³/mol. The van der Waals surface area contributed by atoms with Crippen molar-refractivity contribution in [1.29, 1.82) is 5.26 Å². The highest BCUT2D eigenvalue weighted by atomic mass is 16.4. The fourth-order valence-corrected chi connectivity index (χ4v) is 2.90. The minimum atomic E-state index is -0.721. The van der Waals surface area contributed by atoms with Gasteiger partial charge in [-0.25, -0.2) is 0 Å². The second kappa shape index (κ2) is 5.95. The van der Waals surface area contributed by atoms with Crippen molar-refractivity contribution in [3.05, 3.63) is 11.3 Å². The first kappa shape index (κ1) is 14.4. The Hall–Kier alpha value is -2.03. The number of hydrogen-bond donors (Lipinski definition) is 1. The van der Waals surface area contributed by atoms with E-state index in [1.807, 2.05) is 14.0 Å². The number of aromatic nitrogens is 2. The molecule has 1 fully saturated rings. The van der Waals surface area contributed by atoms with Crippen LogP contribution in [0.4, 0.5) is 5.82 Å². The molecule has 0 aliphatic carbocycles. The van der Waals surface area contributed by atoms with E-state index in [4.69, 9.17) is 5.11 Å². The van der Waals surface area contributed by atoms with Crippen molar-refractivity contribution in [2.24, 2.45) is 13.0 Å². The fourth-order valence-electron chi connectivity index (χ4n) is 2.90. The van der Waals surface area contributed by atoms with Gasteiger partial charge in [-0.15, -0.1) is 0 Å². The van der Waals surface area contributed by atoms with E-state index in [9.17, 15) is 10.1 Å². The number of rotatable bonds is 4. The fraction of sp³-hybridized carbons (Fsp3) is 0.643. The second-order valence-electron chi connectivity index (χ2n) is 5.38. The molecule has 0 atom stereocenters. The van der Waals surface area contributed by atoms with Gasteiger partial charge in [0.25, 0.3) is 0 Å². The number of nitrogens with zero attached hydrogens (tertiary/aromatic N) is 4. The van der Waals surface area contributed by atoms with Crippen LogP contribution in [0.15, 0.2) is 0 Å². The lowest BCUT2D eigenvalue weighted by atomic mass is 9.92. The first-order valence-electron chi connectivity index (χ1n) is 6.93. The zero-order valence-corrected chi connectivity index (χ0v) is 12.0. The molecular weight excluding hydrogens is 256 g/mol. The summed E-state index contributed by atoms with van der Waals surface area (Å²) in [5.41, 5.74) is 1.41. The van der Waals surface area contributed by atoms with Crippen molar-refractivity contribution in [1.82, 2.24) is 9.78 Å². The molecule has 1 aliphatic heterocycles. The summed E-state index contributed by atoms with van der Waals surface area (Å²) in [6, 6.07) is 2.23. The number of carboxylic acid groups (broad SMARTS) is 1. The Balaban J connectivity index is 2.01. The summed E-state index contributed by atoms with van der Waals surface area (Å²) in [6.45, 7) is 3.57. The summed E-state index contributed by atoms with van der Waals surface area (Å²) < 4.78 is 1.77. The monoisotopic (exact) mass is 276 g/mol. The van der Waals surface area contributed by atoms with Gasteiger partial charge in [0.05, 0.1) is 5.69 Å². The molecule has 1 aliphatic rings. The third-order valence-electron chi connectivity index (χ3n) is 3.98. The van der Waals surface area contributed by atoms with E-state index in [-0.39, 0.29) is 6.42 Å². The van der Waals surface area contributed by atoms with E-state index in [1.54, 1.807) is 4.68 Å². The lowest BCUT2D eigenvalue weighted by Crippen LogP contribution is -2.35. The van der Waals surface area contributed by atoms with Gasteiger partial charge in [0.1, 0.15) is 17.5 Å². The van der Waals surface area contributed by atoms with Crippen molar-refractivity contribution >= 4 is 11.8 Å². The molecule has 0 unspecified atom stereocenters. The van der Waals surface area contributed by atoms with Crippen molar-refractivity contribution in [3.63, 3.8) is 0 Å². The maximum Gasteiger partial charge on any atom is 0.303 e. The molecule has 6 heteroatoms. The number of anilines is 1. The number of aryl methyl sites for hydroxylation is 2. The normalized spacial score (nSPS) is 16.1. The third kappa shape index (κ3) is 2.93. The molecule has 0 spiro atoms. The van der Waals surface area contributed by atoms with Crippen LogP contribution in [0.5, 0.6) is 0 Å². The van der Waals surface area contributed by atoms with Crippen LogP contribution in [0.2, 0.25) is 0 Å². The standard InChI is InChI=1S/C14H20N4O2/c1-10-12(9-15)14(17(2)16-10)18-7-5-11(6-8-18)3-4-13(19)20/h11H,3-8H2,1-2H3,(H,19,20). The highest BCUT2D eigenvalue weighted by molar-refractivity contribution is 5.66. The number of piperidine rings is 1. The van der Waals surface area contributed by atoms with Crippen molar-refractivity contribution in [3.8, 4) is 6.07 Å². The van der Waals surface area contributed by atoms with E-state index >= 15 is 0 Å². The molecule has 1 saturated heterocycles. The van der Waals surface area contributed by atoms with Crippen LogP contribution in [-0.4, -0.2) is 33.9 Å². The molecule has 1 aromatic rings. The second-order valence-corrected chi connectivity index (χ2v) is 5.38. The first-order valence-corrected chi connectivity index (χ1v) is 6.93. The van der Waals surface area contributed by atoms with Gasteiger partial charge in [0.15, 0.2) is 0 Å². The maximum absolute atomic E-state index is 10.6. The third-order valence-corrected chi connectivity index (χ3v) is 3.98. The van der Waals surface area contributed by atoms with E-state index in [0.717, 1.165) is 43.9 Å². The minimum Gasteiger partial charge on any atom is -0.481 e. The lowest BCUT2D eigenvalue weighted by Gasteiger charge is -2.33. The smallest absolute Gasteiger partial charge is 0.303 e. The van der Waals surface area contributed by atoms with Gasteiger partial charge in [0.2, 0.25) is 0 Å². The molecule has 0 saturated carbocycles. The minimum absolute atomic E-state index is 0.249. The Bertz CT molecular complexity index is 536. The number of aliphatic carboxylic acids is 1. The Labute approximate surface area is 118 Å². The van der Waals surface area contributed by atoms with Crippen LogP contribution in [0, 0.1) is 24.2 Å². The molecule has 0 bridgehead atoms. The maximum atomic E-state index is 10.6. The number of carbonyl (C=O) groups is 1. The van der Waals surface area contributed by atoms with Gasteiger partial charge in [-0.1, -0.05) is 0 Å². The van der Waals surface area contributed by atoms with Gasteiger partial charge in [-0.2, -0.15) is 10.4 Å². The highest BCUT2D eigenvalue weighted by Crippen LogP contribution is 2.29. The number of carboxylic acids is 1. The molecule has 0 aromatic carbocycles. The number of hydrogen-bond acceptors (Lipinski definition) is 4. The Morgan fingerprint density at radius 1 is 1.50 bits per heavy atom. The largest absolute Gasteiger partial charge is 0.481 e. The summed E-state index contributed by atoms with van der Waals surface area (Å²) in [5, 5.41) is 22.3. The van der Waals surface area contributed by atoms with Gasteiger partial charge in [-0.05, 0) is 32.1 Å². The summed E-state index contributed by atoms with van der Waals surface area (Å²) in [4.78, 5) is 12.8. The van der Waals surface area contributed by atoms with Crippen molar-refractivity contribution in [2.75, 3.05) is 18.0 Å². The molecule has 2 rings (SSSR count). The predicted octanol–water partition coefficient (Wildman–Crippen LogP) is 1.68. The molecular formula is C14H20N4O2. The zero-order chi connectivity index (χ0) is 14.7. The van der Waals surface area contributed by atoms with Crippen LogP contribution in [0.25, 0.3) is 0 Å². The van der Waals surface area contributed by atoms with Gasteiger partial charge in [0, 0.05) is 26.6 Å². The van der Waals surface area contributed by atoms with E-state index in [1.165, 1.54) is 0 Å². The average molecular weight is 276 g/mol. The summed E-state index contributed by atoms with van der Waals surface area (Å²) in [7, 11) is 1.86. The van der Waals surface area contributed by atoms with Crippen molar-refractivity contribution in [2.45, 2.75) is 32.6 Å². The van der Waals surface area contributed by atoms with E-state index in [0.29, 0.717) is 11.5 Å². The average Bonchev–Trinajstić information content (AvgIpc) is 2.71. The van der Waals surface area contributed by atoms with Gasteiger partial charge < -0.3 is 10.0 Å². The Morgan fingerprint density at radius 2 is 2.15 bits per heavy atom. The van der Waals surface area contributed by atoms with Crippen LogP contribution in [0.3, 0.4) is 0 Å². The topological polar surface area (TPSA) is 82.2 Å². The van der Waals surface area contributed by atoms with Gasteiger partial charge in [-0.3, -0.25) is 9.48 Å². The lowest BCUT2D eigenvalue weighted by molar-refractivity contribution is -0.137. The molecule has 1 aromatic heterocycles.